The Kier molecular flexibility index (Phi) is 4.97. The van der Waals surface area contributed by atoms with E-state index in [1.807, 2.05) is 0 Å². The van der Waals surface area contributed by atoms with Crippen LogP contribution in [0.5, 0.6) is 0 Å². The summed E-state index contributed by atoms with van der Waals surface area (Å²) < 4.78 is 40.9. The van der Waals surface area contributed by atoms with Gasteiger partial charge in [-0.25, -0.2) is 9.48 Å². The molecule has 7 nitrogen and oxygen atoms in total. The van der Waals surface area contributed by atoms with E-state index in [2.05, 4.69) is 5.10 Å². The molecule has 2 heterocycles. The van der Waals surface area contributed by atoms with Gasteiger partial charge in [0, 0.05) is 18.3 Å². The molecule has 1 amide bonds. The Morgan fingerprint density at radius 1 is 1.25 bits per heavy atom. The second-order valence-electron chi connectivity index (χ2n) is 6.42. The number of benzene rings is 1. The average Bonchev–Trinajstić information content (AvgIpc) is 3.11. The van der Waals surface area contributed by atoms with Gasteiger partial charge in [-0.05, 0) is 31.9 Å². The van der Waals surface area contributed by atoms with Crippen molar-refractivity contribution in [1.82, 2.24) is 14.7 Å². The Balaban J connectivity index is 2.12. The fourth-order valence-corrected chi connectivity index (χ4v) is 3.24. The number of rotatable bonds is 3. The van der Waals surface area contributed by atoms with Crippen molar-refractivity contribution in [3.63, 3.8) is 0 Å². The van der Waals surface area contributed by atoms with Gasteiger partial charge in [-0.2, -0.15) is 18.3 Å². The first-order valence-corrected chi connectivity index (χ1v) is 8.42. The van der Waals surface area contributed by atoms with Gasteiger partial charge in [-0.15, -0.1) is 0 Å². The molecule has 0 bridgehead atoms. The first-order chi connectivity index (χ1) is 13.1. The number of carboxylic acids is 1. The fraction of sp³-hybridized carbons (Fsp3) is 0.333. The lowest BCUT2D eigenvalue weighted by atomic mass is 10.1. The summed E-state index contributed by atoms with van der Waals surface area (Å²) in [5, 5.41) is 13.1. The molecule has 1 atom stereocenters. The second kappa shape index (κ2) is 7.10. The standard InChI is InChI=1S/C18H16F3N3O4/c1-10-9-14(25)15(16(26)23-8-4-7-13(23)17(27)28)22-24(10)12-6-3-2-5-11(12)18(19,20)21/h2-3,5-6,9,13H,4,7-8H2,1H3,(H,27,28)/t13-/m0/s1. The predicted molar refractivity (Wildman–Crippen MR) is 91.3 cm³/mol. The zero-order valence-corrected chi connectivity index (χ0v) is 14.7. The Labute approximate surface area is 157 Å². The van der Waals surface area contributed by atoms with Crippen LogP contribution in [0.3, 0.4) is 0 Å². The molecule has 148 valence electrons. The second-order valence-corrected chi connectivity index (χ2v) is 6.42. The summed E-state index contributed by atoms with van der Waals surface area (Å²) in [7, 11) is 0. The van der Waals surface area contributed by atoms with Crippen molar-refractivity contribution in [1.29, 1.82) is 0 Å². The van der Waals surface area contributed by atoms with Crippen LogP contribution < -0.4 is 5.43 Å². The van der Waals surface area contributed by atoms with Crippen molar-refractivity contribution in [2.45, 2.75) is 32.0 Å². The lowest BCUT2D eigenvalue weighted by molar-refractivity contribution is -0.141. The largest absolute Gasteiger partial charge is 0.480 e. The smallest absolute Gasteiger partial charge is 0.418 e. The molecule has 1 saturated heterocycles. The molecule has 0 aliphatic carbocycles. The van der Waals surface area contributed by atoms with Crippen molar-refractivity contribution in [2.24, 2.45) is 0 Å². The SMILES string of the molecule is Cc1cc(=O)c(C(=O)N2CCC[C@H]2C(=O)O)nn1-c1ccccc1C(F)(F)F. The minimum absolute atomic E-state index is 0.106. The molecule has 3 rings (SSSR count). The zero-order chi connectivity index (χ0) is 20.6. The van der Waals surface area contributed by atoms with Gasteiger partial charge >= 0.3 is 12.1 Å². The molecule has 0 saturated carbocycles. The van der Waals surface area contributed by atoms with Crippen LogP contribution in [0, 0.1) is 6.92 Å². The number of likely N-dealkylation sites (tertiary alicyclic amines) is 1. The number of carboxylic acid groups (broad SMARTS) is 1. The van der Waals surface area contributed by atoms with Gasteiger partial charge in [0.15, 0.2) is 5.69 Å². The normalized spacial score (nSPS) is 17.0. The van der Waals surface area contributed by atoms with Gasteiger partial charge in [0.05, 0.1) is 11.3 Å². The van der Waals surface area contributed by atoms with Crippen molar-refractivity contribution >= 4 is 11.9 Å². The third kappa shape index (κ3) is 3.49. The topological polar surface area (TPSA) is 92.5 Å². The highest BCUT2D eigenvalue weighted by Crippen LogP contribution is 2.33. The number of aliphatic carboxylic acids is 1. The number of amides is 1. The van der Waals surface area contributed by atoms with Crippen LogP contribution in [0.2, 0.25) is 0 Å². The van der Waals surface area contributed by atoms with Gasteiger partial charge in [0.2, 0.25) is 5.43 Å². The first kappa shape index (κ1) is 19.6. The molecule has 1 aromatic carbocycles. The molecule has 1 aromatic heterocycles. The molecule has 10 heteroatoms. The molecule has 1 aliphatic rings. The maximum absolute atomic E-state index is 13.3. The predicted octanol–water partition coefficient (Wildman–Crippen LogP) is 2.25. The van der Waals surface area contributed by atoms with E-state index in [9.17, 15) is 32.7 Å². The quantitative estimate of drug-likeness (QED) is 0.861. The Bertz CT molecular complexity index is 1000. The third-order valence-corrected chi connectivity index (χ3v) is 4.55. The van der Waals surface area contributed by atoms with Crippen LogP contribution in [0.1, 0.15) is 34.6 Å². The number of nitrogens with zero attached hydrogens (tertiary/aromatic N) is 3. The monoisotopic (exact) mass is 395 g/mol. The summed E-state index contributed by atoms with van der Waals surface area (Å²) in [6.45, 7) is 1.52. The van der Waals surface area contributed by atoms with Crippen LogP contribution in [-0.2, 0) is 11.0 Å². The Morgan fingerprint density at radius 2 is 1.93 bits per heavy atom. The van der Waals surface area contributed by atoms with E-state index in [1.54, 1.807) is 0 Å². The van der Waals surface area contributed by atoms with Gasteiger partial charge < -0.3 is 10.0 Å². The molecule has 0 spiro atoms. The maximum Gasteiger partial charge on any atom is 0.418 e. The van der Waals surface area contributed by atoms with E-state index in [0.717, 1.165) is 21.7 Å². The van der Waals surface area contributed by atoms with E-state index in [1.165, 1.54) is 25.1 Å². The number of aromatic nitrogens is 2. The van der Waals surface area contributed by atoms with Crippen molar-refractivity contribution in [3.05, 3.63) is 57.5 Å². The van der Waals surface area contributed by atoms with Crippen molar-refractivity contribution in [3.8, 4) is 5.69 Å². The zero-order valence-electron chi connectivity index (χ0n) is 14.7. The Morgan fingerprint density at radius 3 is 2.57 bits per heavy atom. The highest BCUT2D eigenvalue weighted by Gasteiger charge is 2.37. The molecule has 1 N–H and O–H groups in total. The van der Waals surface area contributed by atoms with E-state index in [0.29, 0.717) is 6.42 Å². The first-order valence-electron chi connectivity index (χ1n) is 8.42. The summed E-state index contributed by atoms with van der Waals surface area (Å²) in [5.74, 6) is -2.12. The van der Waals surface area contributed by atoms with E-state index in [-0.39, 0.29) is 24.3 Å². The molecular weight excluding hydrogens is 379 g/mol. The van der Waals surface area contributed by atoms with Gasteiger partial charge in [-0.1, -0.05) is 12.1 Å². The highest BCUT2D eigenvalue weighted by molar-refractivity contribution is 5.95. The summed E-state index contributed by atoms with van der Waals surface area (Å²) >= 11 is 0. The molecule has 0 unspecified atom stereocenters. The van der Waals surface area contributed by atoms with E-state index in [4.69, 9.17) is 0 Å². The third-order valence-electron chi connectivity index (χ3n) is 4.55. The molecule has 1 fully saturated rings. The number of carbonyl (C=O) groups is 2. The summed E-state index contributed by atoms with van der Waals surface area (Å²) in [6.07, 6.45) is -3.99. The fourth-order valence-electron chi connectivity index (χ4n) is 3.24. The number of hydrogen-bond donors (Lipinski definition) is 1. The van der Waals surface area contributed by atoms with Crippen LogP contribution in [0.4, 0.5) is 13.2 Å². The number of aryl methyl sites for hydroxylation is 1. The van der Waals surface area contributed by atoms with Gasteiger partial charge in [-0.3, -0.25) is 9.59 Å². The van der Waals surface area contributed by atoms with E-state index >= 15 is 0 Å². The number of alkyl halides is 3. The number of hydrogen-bond acceptors (Lipinski definition) is 4. The molecule has 0 radical (unpaired) electrons. The van der Waals surface area contributed by atoms with Gasteiger partial charge in [0.1, 0.15) is 6.04 Å². The average molecular weight is 395 g/mol. The highest BCUT2D eigenvalue weighted by atomic mass is 19.4. The summed E-state index contributed by atoms with van der Waals surface area (Å²) in [6, 6.07) is 4.57. The Hall–Kier alpha value is -3.17. The molecule has 28 heavy (non-hydrogen) atoms. The number of para-hydroxylation sites is 1. The molecule has 1 aliphatic heterocycles. The minimum Gasteiger partial charge on any atom is -0.480 e. The minimum atomic E-state index is -4.67. The summed E-state index contributed by atoms with van der Waals surface area (Å²) in [4.78, 5) is 37.3. The van der Waals surface area contributed by atoms with Crippen LogP contribution >= 0.6 is 0 Å². The maximum atomic E-state index is 13.3. The number of carbonyl (C=O) groups excluding carboxylic acids is 1. The van der Waals surface area contributed by atoms with Crippen LogP contribution in [0.15, 0.2) is 35.1 Å². The van der Waals surface area contributed by atoms with E-state index < -0.39 is 40.8 Å². The molecular formula is C18H16F3N3O4. The summed E-state index contributed by atoms with van der Waals surface area (Å²) in [5.41, 5.74) is -2.60. The van der Waals surface area contributed by atoms with Crippen molar-refractivity contribution in [2.75, 3.05) is 6.54 Å². The lowest BCUT2D eigenvalue weighted by Crippen LogP contribution is -2.43. The lowest BCUT2D eigenvalue weighted by Gasteiger charge is -2.22. The van der Waals surface area contributed by atoms with Crippen LogP contribution in [-0.4, -0.2) is 44.3 Å². The van der Waals surface area contributed by atoms with Gasteiger partial charge in [0.25, 0.3) is 5.91 Å². The van der Waals surface area contributed by atoms with Crippen molar-refractivity contribution < 1.29 is 27.9 Å². The van der Waals surface area contributed by atoms with Crippen LogP contribution in [0.25, 0.3) is 5.69 Å². The number of halogens is 3. The molecule has 2 aromatic rings.